The van der Waals surface area contributed by atoms with E-state index < -0.39 is 28.3 Å². The minimum atomic E-state index is -4.16. The van der Waals surface area contributed by atoms with Crippen molar-refractivity contribution in [3.63, 3.8) is 0 Å². The molecule has 4 rings (SSSR count). The fraction of sp³-hybridized carbons (Fsp3) is 0.269. The molecule has 0 saturated heterocycles. The summed E-state index contributed by atoms with van der Waals surface area (Å²) in [4.78, 5) is 12.7. The van der Waals surface area contributed by atoms with E-state index in [-0.39, 0.29) is 10.6 Å². The molecule has 0 fully saturated rings. The second kappa shape index (κ2) is 11.7. The third-order valence-corrected chi connectivity index (χ3v) is 8.26. The molecule has 7 nitrogen and oxygen atoms in total. The van der Waals surface area contributed by atoms with Crippen LogP contribution in [-0.2, 0) is 20.6 Å². The molecule has 1 N–H and O–H groups in total. The molecule has 1 heterocycles. The normalized spacial score (nSPS) is 12.7. The molecule has 0 aromatic heterocycles. The first kappa shape index (κ1) is 25.8. The van der Waals surface area contributed by atoms with Gasteiger partial charge >= 0.3 is 0 Å². The Morgan fingerprint density at radius 1 is 1.00 bits per heavy atom. The molecule has 0 bridgehead atoms. The molecule has 0 saturated carbocycles. The molecule has 36 heavy (non-hydrogen) atoms. The van der Waals surface area contributed by atoms with Crippen LogP contribution in [0.1, 0.15) is 11.1 Å². The fourth-order valence-corrected chi connectivity index (χ4v) is 5.81. The third-order valence-electron chi connectivity index (χ3n) is 5.46. The van der Waals surface area contributed by atoms with E-state index in [1.54, 1.807) is 11.8 Å². The molecular weight excluding hydrogens is 503 g/mol. The van der Waals surface area contributed by atoms with Gasteiger partial charge in [-0.05, 0) is 48.9 Å². The van der Waals surface area contributed by atoms with Gasteiger partial charge in [0.1, 0.15) is 25.6 Å². The summed E-state index contributed by atoms with van der Waals surface area (Å²) < 4.78 is 52.6. The van der Waals surface area contributed by atoms with Gasteiger partial charge in [-0.1, -0.05) is 29.8 Å². The van der Waals surface area contributed by atoms with Crippen molar-refractivity contribution < 1.29 is 27.1 Å². The summed E-state index contributed by atoms with van der Waals surface area (Å²) in [6.07, 6.45) is 0. The topological polar surface area (TPSA) is 84.9 Å². The van der Waals surface area contributed by atoms with E-state index in [4.69, 9.17) is 9.47 Å². The molecule has 0 radical (unpaired) electrons. The first-order valence-corrected chi connectivity index (χ1v) is 14.0. The van der Waals surface area contributed by atoms with Crippen LogP contribution >= 0.6 is 11.8 Å². The van der Waals surface area contributed by atoms with Crippen molar-refractivity contribution in [1.29, 1.82) is 0 Å². The van der Waals surface area contributed by atoms with Gasteiger partial charge in [0.2, 0.25) is 5.91 Å². The zero-order valence-electron chi connectivity index (χ0n) is 19.8. The lowest BCUT2D eigenvalue weighted by atomic mass is 10.2. The monoisotopic (exact) mass is 530 g/mol. The Morgan fingerprint density at radius 2 is 1.69 bits per heavy atom. The van der Waals surface area contributed by atoms with Crippen LogP contribution in [0.25, 0.3) is 0 Å². The number of hydrogen-bond donors (Lipinski definition) is 1. The second-order valence-corrected chi connectivity index (χ2v) is 11.1. The van der Waals surface area contributed by atoms with Gasteiger partial charge in [0.05, 0.1) is 10.6 Å². The summed E-state index contributed by atoms with van der Waals surface area (Å²) in [6, 6.07) is 17.5. The van der Waals surface area contributed by atoms with E-state index >= 15 is 0 Å². The van der Waals surface area contributed by atoms with Gasteiger partial charge in [-0.25, -0.2) is 12.8 Å². The Hall–Kier alpha value is -3.24. The largest absolute Gasteiger partial charge is 0.486 e. The van der Waals surface area contributed by atoms with Crippen LogP contribution in [0.15, 0.2) is 71.6 Å². The number of amides is 1. The highest BCUT2D eigenvalue weighted by Crippen LogP contribution is 2.34. The zero-order chi connectivity index (χ0) is 25.5. The molecular formula is C26H27FN2O5S2. The van der Waals surface area contributed by atoms with E-state index in [0.717, 1.165) is 22.2 Å². The number of rotatable bonds is 10. The van der Waals surface area contributed by atoms with Crippen molar-refractivity contribution in [2.75, 3.05) is 36.4 Å². The van der Waals surface area contributed by atoms with Crippen LogP contribution in [0.5, 0.6) is 11.5 Å². The molecule has 10 heteroatoms. The Labute approximate surface area is 214 Å². The number of thioether (sulfide) groups is 1. The summed E-state index contributed by atoms with van der Waals surface area (Å²) in [5.74, 6) is 1.29. The number of aryl methyl sites for hydroxylation is 1. The van der Waals surface area contributed by atoms with Crippen molar-refractivity contribution in [2.45, 2.75) is 17.6 Å². The summed E-state index contributed by atoms with van der Waals surface area (Å²) in [5.41, 5.74) is 2.58. The lowest BCUT2D eigenvalue weighted by molar-refractivity contribution is -0.119. The zero-order valence-corrected chi connectivity index (χ0v) is 21.4. The number of carbonyl (C=O) groups is 1. The Kier molecular flexibility index (Phi) is 8.37. The van der Waals surface area contributed by atoms with Crippen LogP contribution in [0, 0.1) is 12.7 Å². The Bertz CT molecular complexity index is 1300. The minimum absolute atomic E-state index is 0.0578. The molecule has 190 valence electrons. The van der Waals surface area contributed by atoms with Crippen molar-refractivity contribution in [2.24, 2.45) is 0 Å². The number of anilines is 1. The molecule has 1 aliphatic rings. The highest BCUT2D eigenvalue weighted by molar-refractivity contribution is 7.98. The standard InChI is InChI=1S/C26H27FN2O5S2/c1-19-2-4-20(5-3-19)18-35-15-12-28-26(30)17-29(22-8-6-21(27)7-9-22)36(31,32)23-10-11-24-25(16-23)34-14-13-33-24/h2-11,16H,12-15,17-18H2,1H3,(H,28,30). The van der Waals surface area contributed by atoms with Gasteiger partial charge in [0.15, 0.2) is 11.5 Å². The minimum Gasteiger partial charge on any atom is -0.486 e. The van der Waals surface area contributed by atoms with Crippen molar-refractivity contribution in [3.05, 3.63) is 83.7 Å². The van der Waals surface area contributed by atoms with Crippen LogP contribution in [0.4, 0.5) is 10.1 Å². The molecule has 1 aliphatic heterocycles. The molecule has 1 amide bonds. The summed E-state index contributed by atoms with van der Waals surface area (Å²) in [6.45, 7) is 2.66. The van der Waals surface area contributed by atoms with Gasteiger partial charge < -0.3 is 14.8 Å². The number of halogens is 1. The average Bonchev–Trinajstić information content (AvgIpc) is 2.88. The molecule has 3 aromatic rings. The number of fused-ring (bicyclic) bond motifs is 1. The van der Waals surface area contributed by atoms with E-state index in [1.807, 2.05) is 6.92 Å². The summed E-state index contributed by atoms with van der Waals surface area (Å²) in [7, 11) is -4.16. The van der Waals surface area contributed by atoms with Gasteiger partial charge in [-0.3, -0.25) is 9.10 Å². The molecule has 0 aliphatic carbocycles. The van der Waals surface area contributed by atoms with Gasteiger partial charge in [0.25, 0.3) is 10.0 Å². The predicted octanol–water partition coefficient (Wildman–Crippen LogP) is 4.15. The van der Waals surface area contributed by atoms with Crippen LogP contribution < -0.4 is 19.1 Å². The van der Waals surface area contributed by atoms with Crippen molar-refractivity contribution in [1.82, 2.24) is 5.32 Å². The number of nitrogens with zero attached hydrogens (tertiary/aromatic N) is 1. The van der Waals surface area contributed by atoms with Crippen molar-refractivity contribution >= 4 is 33.4 Å². The molecule has 0 spiro atoms. The van der Waals surface area contributed by atoms with Gasteiger partial charge in [-0.2, -0.15) is 11.8 Å². The van der Waals surface area contributed by atoms with Gasteiger partial charge in [0, 0.05) is 24.1 Å². The molecule has 0 atom stereocenters. The highest BCUT2D eigenvalue weighted by Gasteiger charge is 2.29. The number of ether oxygens (including phenoxy) is 2. The number of hydrogen-bond acceptors (Lipinski definition) is 6. The van der Waals surface area contributed by atoms with E-state index in [1.165, 1.54) is 41.5 Å². The summed E-state index contributed by atoms with van der Waals surface area (Å²) >= 11 is 1.67. The number of sulfonamides is 1. The predicted molar refractivity (Wildman–Crippen MR) is 139 cm³/mol. The molecule has 3 aromatic carbocycles. The smallest absolute Gasteiger partial charge is 0.264 e. The van der Waals surface area contributed by atoms with Crippen LogP contribution in [0.3, 0.4) is 0 Å². The number of nitrogens with one attached hydrogen (secondary N) is 1. The third kappa shape index (κ3) is 6.50. The first-order chi connectivity index (χ1) is 17.3. The van der Waals surface area contributed by atoms with Crippen molar-refractivity contribution in [3.8, 4) is 11.5 Å². The highest BCUT2D eigenvalue weighted by atomic mass is 32.2. The van der Waals surface area contributed by atoms with E-state index in [9.17, 15) is 17.6 Å². The quantitative estimate of drug-likeness (QED) is 0.397. The van der Waals surface area contributed by atoms with Crippen LogP contribution in [-0.4, -0.2) is 46.4 Å². The lowest BCUT2D eigenvalue weighted by Crippen LogP contribution is -2.41. The first-order valence-electron chi connectivity index (χ1n) is 11.4. The maximum Gasteiger partial charge on any atom is 0.264 e. The summed E-state index contributed by atoms with van der Waals surface area (Å²) in [5, 5.41) is 2.78. The Morgan fingerprint density at radius 3 is 2.42 bits per heavy atom. The maximum absolute atomic E-state index is 13.5. The lowest BCUT2D eigenvalue weighted by Gasteiger charge is -2.25. The van der Waals surface area contributed by atoms with Gasteiger partial charge in [-0.15, -0.1) is 0 Å². The fourth-order valence-electron chi connectivity index (χ4n) is 3.56. The van der Waals surface area contributed by atoms with E-state index in [0.29, 0.717) is 37.0 Å². The maximum atomic E-state index is 13.5. The molecule has 0 unspecified atom stereocenters. The SMILES string of the molecule is Cc1ccc(CSCCNC(=O)CN(c2ccc(F)cc2)S(=O)(=O)c2ccc3c(c2)OCCO3)cc1. The van der Waals surface area contributed by atoms with E-state index in [2.05, 4.69) is 29.6 Å². The number of benzene rings is 3. The van der Waals surface area contributed by atoms with Crippen LogP contribution in [0.2, 0.25) is 0 Å². The average molecular weight is 531 g/mol. The Balaban J connectivity index is 1.42. The number of carbonyl (C=O) groups excluding carboxylic acids is 1. The second-order valence-electron chi connectivity index (χ2n) is 8.18.